The second-order valence-electron chi connectivity index (χ2n) is 5.58. The van der Waals surface area contributed by atoms with E-state index in [9.17, 15) is 9.50 Å². The molecule has 0 heterocycles. The first-order valence-electron chi connectivity index (χ1n) is 6.79. The smallest absolute Gasteiger partial charge is 0.126 e. The molecule has 0 saturated heterocycles. The summed E-state index contributed by atoms with van der Waals surface area (Å²) in [6, 6.07) is 12.6. The van der Waals surface area contributed by atoms with E-state index in [2.05, 4.69) is 6.07 Å². The third kappa shape index (κ3) is 2.72. The Balaban J connectivity index is 1.86. The fourth-order valence-corrected chi connectivity index (χ4v) is 3.16. The largest absolute Gasteiger partial charge is 0.389 e. The van der Waals surface area contributed by atoms with Gasteiger partial charge in [0, 0.05) is 17.9 Å². The molecule has 2 aromatic carbocycles. The fourth-order valence-electron chi connectivity index (χ4n) is 2.97. The van der Waals surface area contributed by atoms with E-state index in [1.807, 2.05) is 18.2 Å². The van der Waals surface area contributed by atoms with Gasteiger partial charge in [-0.05, 0) is 47.7 Å². The topological polar surface area (TPSA) is 20.2 Å². The first-order chi connectivity index (χ1) is 9.56. The molecule has 2 aromatic rings. The molecule has 0 saturated carbocycles. The van der Waals surface area contributed by atoms with E-state index >= 15 is 0 Å². The van der Waals surface area contributed by atoms with Crippen LogP contribution in [0.25, 0.3) is 0 Å². The number of aryl methyl sites for hydroxylation is 1. The molecule has 1 unspecified atom stereocenters. The molecular formula is C17H16ClFO. The number of aliphatic hydroxyl groups is 1. The molecule has 0 aromatic heterocycles. The van der Waals surface area contributed by atoms with Crippen LogP contribution in [0.1, 0.15) is 23.1 Å². The normalized spacial score (nSPS) is 21.6. The highest BCUT2D eigenvalue weighted by Gasteiger charge is 2.32. The summed E-state index contributed by atoms with van der Waals surface area (Å²) in [6.45, 7) is 0. The van der Waals surface area contributed by atoms with Gasteiger partial charge < -0.3 is 5.11 Å². The average Bonchev–Trinajstić information content (AvgIpc) is 2.42. The van der Waals surface area contributed by atoms with Crippen LogP contribution in [0, 0.1) is 5.82 Å². The maximum atomic E-state index is 13.8. The van der Waals surface area contributed by atoms with Gasteiger partial charge in [0.25, 0.3) is 0 Å². The summed E-state index contributed by atoms with van der Waals surface area (Å²) in [5.74, 6) is -0.304. The highest BCUT2D eigenvalue weighted by Crippen LogP contribution is 2.32. The molecule has 1 aliphatic carbocycles. The Bertz CT molecular complexity index is 641. The molecule has 20 heavy (non-hydrogen) atoms. The minimum absolute atomic E-state index is 0.299. The molecule has 1 atom stereocenters. The van der Waals surface area contributed by atoms with E-state index in [0.717, 1.165) is 12.0 Å². The molecule has 0 spiro atoms. The minimum Gasteiger partial charge on any atom is -0.389 e. The first kappa shape index (κ1) is 13.6. The van der Waals surface area contributed by atoms with Gasteiger partial charge in [0.2, 0.25) is 0 Å². The lowest BCUT2D eigenvalue weighted by atomic mass is 9.77. The monoisotopic (exact) mass is 290 g/mol. The van der Waals surface area contributed by atoms with Crippen molar-refractivity contribution < 1.29 is 9.50 Å². The summed E-state index contributed by atoms with van der Waals surface area (Å²) in [4.78, 5) is 0. The van der Waals surface area contributed by atoms with Crippen LogP contribution in [0.4, 0.5) is 4.39 Å². The predicted octanol–water partition coefficient (Wildman–Crippen LogP) is 3.94. The van der Waals surface area contributed by atoms with Crippen molar-refractivity contribution in [1.82, 2.24) is 0 Å². The molecule has 0 amide bonds. The zero-order chi connectivity index (χ0) is 14.2. The summed E-state index contributed by atoms with van der Waals surface area (Å²) in [5, 5.41) is 11.3. The van der Waals surface area contributed by atoms with Gasteiger partial charge in [-0.3, -0.25) is 0 Å². The van der Waals surface area contributed by atoms with E-state index in [-0.39, 0.29) is 5.82 Å². The van der Waals surface area contributed by atoms with Gasteiger partial charge in [0.15, 0.2) is 0 Å². The summed E-state index contributed by atoms with van der Waals surface area (Å²) in [5.41, 5.74) is 2.03. The van der Waals surface area contributed by atoms with Gasteiger partial charge in [0.1, 0.15) is 5.82 Å². The van der Waals surface area contributed by atoms with Gasteiger partial charge in [-0.25, -0.2) is 4.39 Å². The van der Waals surface area contributed by atoms with Gasteiger partial charge in [-0.1, -0.05) is 35.9 Å². The van der Waals surface area contributed by atoms with Crippen LogP contribution in [0.2, 0.25) is 5.02 Å². The quantitative estimate of drug-likeness (QED) is 0.888. The molecule has 0 radical (unpaired) electrons. The van der Waals surface area contributed by atoms with Crippen LogP contribution in [0.5, 0.6) is 0 Å². The maximum Gasteiger partial charge on any atom is 0.126 e. The van der Waals surface area contributed by atoms with Gasteiger partial charge in [-0.2, -0.15) is 0 Å². The van der Waals surface area contributed by atoms with Gasteiger partial charge in [0.05, 0.1) is 5.60 Å². The summed E-state index contributed by atoms with van der Waals surface area (Å²) in [7, 11) is 0. The Hall–Kier alpha value is -1.38. The van der Waals surface area contributed by atoms with Crippen molar-refractivity contribution >= 4 is 11.6 Å². The third-order valence-electron chi connectivity index (χ3n) is 4.02. The lowest BCUT2D eigenvalue weighted by molar-refractivity contribution is 0.0259. The van der Waals surface area contributed by atoms with Crippen LogP contribution >= 0.6 is 11.6 Å². The molecular weight excluding hydrogens is 275 g/mol. The molecule has 104 valence electrons. The first-order valence-corrected chi connectivity index (χ1v) is 7.17. The third-order valence-corrected chi connectivity index (χ3v) is 4.26. The summed E-state index contributed by atoms with van der Waals surface area (Å²) >= 11 is 5.91. The Morgan fingerprint density at radius 1 is 1.15 bits per heavy atom. The Morgan fingerprint density at radius 3 is 2.70 bits per heavy atom. The van der Waals surface area contributed by atoms with Crippen molar-refractivity contribution in [2.24, 2.45) is 0 Å². The Kier molecular flexibility index (Phi) is 3.53. The number of benzene rings is 2. The lowest BCUT2D eigenvalue weighted by Crippen LogP contribution is -2.38. The van der Waals surface area contributed by atoms with Crippen molar-refractivity contribution in [2.75, 3.05) is 0 Å². The van der Waals surface area contributed by atoms with Crippen molar-refractivity contribution in [3.05, 3.63) is 70.0 Å². The SMILES string of the molecule is OC1(Cc2cc(Cl)ccc2F)CCc2ccccc2C1. The molecule has 1 nitrogen and oxygen atoms in total. The predicted molar refractivity (Wildman–Crippen MR) is 78.5 cm³/mol. The molecule has 0 bridgehead atoms. The van der Waals surface area contributed by atoms with E-state index in [0.29, 0.717) is 29.8 Å². The average molecular weight is 291 g/mol. The van der Waals surface area contributed by atoms with Crippen molar-refractivity contribution in [1.29, 1.82) is 0 Å². The Morgan fingerprint density at radius 2 is 1.90 bits per heavy atom. The molecule has 0 fully saturated rings. The fraction of sp³-hybridized carbons (Fsp3) is 0.294. The van der Waals surface area contributed by atoms with Crippen LogP contribution in [0.15, 0.2) is 42.5 Å². The standard InChI is InChI=1S/C17H16ClFO/c18-15-5-6-16(19)14(9-15)11-17(20)8-7-12-3-1-2-4-13(12)10-17/h1-6,9,20H,7-8,10-11H2. The van der Waals surface area contributed by atoms with Crippen molar-refractivity contribution in [3.63, 3.8) is 0 Å². The van der Waals surface area contributed by atoms with E-state index in [1.165, 1.54) is 17.7 Å². The van der Waals surface area contributed by atoms with Crippen molar-refractivity contribution in [2.45, 2.75) is 31.3 Å². The molecule has 0 aliphatic heterocycles. The number of fused-ring (bicyclic) bond motifs is 1. The minimum atomic E-state index is -0.889. The number of rotatable bonds is 2. The van der Waals surface area contributed by atoms with Gasteiger partial charge in [-0.15, -0.1) is 0 Å². The zero-order valence-electron chi connectivity index (χ0n) is 11.1. The maximum absolute atomic E-state index is 13.8. The lowest BCUT2D eigenvalue weighted by Gasteiger charge is -2.33. The van der Waals surface area contributed by atoms with Gasteiger partial charge >= 0.3 is 0 Å². The van der Waals surface area contributed by atoms with Crippen LogP contribution in [-0.2, 0) is 19.3 Å². The van der Waals surface area contributed by atoms with Crippen LogP contribution < -0.4 is 0 Å². The van der Waals surface area contributed by atoms with E-state index in [4.69, 9.17) is 11.6 Å². The van der Waals surface area contributed by atoms with E-state index < -0.39 is 5.60 Å². The summed E-state index contributed by atoms with van der Waals surface area (Å²) in [6.07, 6.45) is 2.34. The highest BCUT2D eigenvalue weighted by atomic mass is 35.5. The Labute approximate surface area is 123 Å². The summed E-state index contributed by atoms with van der Waals surface area (Å²) < 4.78 is 13.8. The second kappa shape index (κ2) is 5.19. The zero-order valence-corrected chi connectivity index (χ0v) is 11.8. The number of halogens is 2. The van der Waals surface area contributed by atoms with Crippen LogP contribution in [0.3, 0.4) is 0 Å². The second-order valence-corrected chi connectivity index (χ2v) is 6.02. The molecule has 3 heteroatoms. The van der Waals surface area contributed by atoms with Crippen LogP contribution in [-0.4, -0.2) is 10.7 Å². The molecule has 3 rings (SSSR count). The molecule has 1 aliphatic rings. The molecule has 1 N–H and O–H groups in total. The van der Waals surface area contributed by atoms with E-state index in [1.54, 1.807) is 6.07 Å². The number of hydrogen-bond donors (Lipinski definition) is 1. The number of hydrogen-bond acceptors (Lipinski definition) is 1. The highest BCUT2D eigenvalue weighted by molar-refractivity contribution is 6.30. The van der Waals surface area contributed by atoms with Crippen molar-refractivity contribution in [3.8, 4) is 0 Å².